The molecule has 0 saturated carbocycles. The first-order valence-electron chi connectivity index (χ1n) is 5.95. The molecule has 18 heavy (non-hydrogen) atoms. The minimum absolute atomic E-state index is 0.0316. The number of nitrogens with zero attached hydrogens (tertiary/aromatic N) is 2. The zero-order chi connectivity index (χ0) is 12.8. The van der Waals surface area contributed by atoms with Crippen LogP contribution in [0.4, 0.5) is 0 Å². The van der Waals surface area contributed by atoms with Gasteiger partial charge in [0.2, 0.25) is 0 Å². The summed E-state index contributed by atoms with van der Waals surface area (Å²) in [4.78, 5) is 13.6. The number of hydrogen-bond acceptors (Lipinski definition) is 4. The first kappa shape index (κ1) is 12.4. The minimum atomic E-state index is -0.0316. The van der Waals surface area contributed by atoms with E-state index < -0.39 is 0 Å². The summed E-state index contributed by atoms with van der Waals surface area (Å²) in [6.45, 7) is 1.24. The Morgan fingerprint density at radius 1 is 1.28 bits per heavy atom. The number of carbonyl (C=O) groups excluding carboxylic acids is 1. The number of likely N-dealkylation sites (tertiary alicyclic amines) is 1. The zero-order valence-corrected chi connectivity index (χ0v) is 10.1. The Balaban J connectivity index is 1.79. The van der Waals surface area contributed by atoms with Gasteiger partial charge in [-0.15, -0.1) is 0 Å². The van der Waals surface area contributed by atoms with Gasteiger partial charge < -0.3 is 14.8 Å². The number of benzene rings is 1. The molecule has 1 N–H and O–H groups in total. The molecule has 1 aromatic carbocycles. The molecule has 0 spiro atoms. The van der Waals surface area contributed by atoms with Crippen LogP contribution in [0, 0.1) is 0 Å². The van der Waals surface area contributed by atoms with Crippen molar-refractivity contribution in [1.82, 2.24) is 4.90 Å². The van der Waals surface area contributed by atoms with Gasteiger partial charge >= 0.3 is 0 Å². The standard InChI is InChI=1S/C13H16N2O3/c16-13(10-18-12-4-2-1-3-5-12)15-8-6-11(14-17)7-9-15/h1-5,17H,6-10H2. The van der Waals surface area contributed by atoms with Crippen molar-refractivity contribution in [3.05, 3.63) is 30.3 Å². The molecule has 1 heterocycles. The van der Waals surface area contributed by atoms with Gasteiger partial charge in [0.05, 0.1) is 5.71 Å². The number of amides is 1. The summed E-state index contributed by atoms with van der Waals surface area (Å²) in [6, 6.07) is 9.27. The van der Waals surface area contributed by atoms with Gasteiger partial charge in [0, 0.05) is 25.9 Å². The van der Waals surface area contributed by atoms with Crippen LogP contribution >= 0.6 is 0 Å². The first-order valence-corrected chi connectivity index (χ1v) is 5.95. The second-order valence-corrected chi connectivity index (χ2v) is 4.15. The highest BCUT2D eigenvalue weighted by molar-refractivity contribution is 5.87. The lowest BCUT2D eigenvalue weighted by Gasteiger charge is -2.27. The molecule has 5 heteroatoms. The number of piperidine rings is 1. The van der Waals surface area contributed by atoms with Crippen LogP contribution in [0.1, 0.15) is 12.8 Å². The zero-order valence-electron chi connectivity index (χ0n) is 10.1. The molecule has 0 bridgehead atoms. The molecule has 1 aromatic rings. The van der Waals surface area contributed by atoms with Gasteiger partial charge in [0.25, 0.3) is 5.91 Å². The summed E-state index contributed by atoms with van der Waals surface area (Å²) in [5, 5.41) is 11.8. The molecule has 1 saturated heterocycles. The highest BCUT2D eigenvalue weighted by Gasteiger charge is 2.20. The molecule has 1 fully saturated rings. The quantitative estimate of drug-likeness (QED) is 0.651. The van der Waals surface area contributed by atoms with E-state index in [2.05, 4.69) is 5.16 Å². The van der Waals surface area contributed by atoms with Crippen molar-refractivity contribution >= 4 is 11.6 Å². The van der Waals surface area contributed by atoms with E-state index in [-0.39, 0.29) is 12.5 Å². The monoisotopic (exact) mass is 248 g/mol. The van der Waals surface area contributed by atoms with Crippen LogP contribution < -0.4 is 4.74 Å². The van der Waals surface area contributed by atoms with E-state index in [1.54, 1.807) is 4.90 Å². The maximum atomic E-state index is 11.9. The maximum absolute atomic E-state index is 11.9. The lowest BCUT2D eigenvalue weighted by molar-refractivity contribution is -0.133. The summed E-state index contributed by atoms with van der Waals surface area (Å²) >= 11 is 0. The third-order valence-corrected chi connectivity index (χ3v) is 2.94. The van der Waals surface area contributed by atoms with Gasteiger partial charge in [-0.25, -0.2) is 0 Å². The Kier molecular flexibility index (Phi) is 4.17. The summed E-state index contributed by atoms with van der Waals surface area (Å²) in [6.07, 6.45) is 1.27. The van der Waals surface area contributed by atoms with Crippen molar-refractivity contribution in [3.63, 3.8) is 0 Å². The molecule has 2 rings (SSSR count). The molecule has 0 radical (unpaired) electrons. The molecule has 0 aromatic heterocycles. The molecule has 5 nitrogen and oxygen atoms in total. The fraction of sp³-hybridized carbons (Fsp3) is 0.385. The fourth-order valence-electron chi connectivity index (χ4n) is 1.87. The third-order valence-electron chi connectivity index (χ3n) is 2.94. The lowest BCUT2D eigenvalue weighted by Crippen LogP contribution is -2.41. The van der Waals surface area contributed by atoms with Gasteiger partial charge in [-0.1, -0.05) is 23.4 Å². The van der Waals surface area contributed by atoms with E-state index >= 15 is 0 Å². The topological polar surface area (TPSA) is 62.1 Å². The van der Waals surface area contributed by atoms with E-state index in [1.165, 1.54) is 0 Å². The van der Waals surface area contributed by atoms with E-state index in [9.17, 15) is 4.79 Å². The van der Waals surface area contributed by atoms with Gasteiger partial charge in [0.15, 0.2) is 6.61 Å². The summed E-state index contributed by atoms with van der Waals surface area (Å²) in [5.74, 6) is 0.663. The van der Waals surface area contributed by atoms with Gasteiger partial charge in [-0.05, 0) is 12.1 Å². The van der Waals surface area contributed by atoms with Crippen LogP contribution in [0.5, 0.6) is 5.75 Å². The minimum Gasteiger partial charge on any atom is -0.484 e. The van der Waals surface area contributed by atoms with Crippen molar-refractivity contribution in [2.24, 2.45) is 5.16 Å². The number of ether oxygens (including phenoxy) is 1. The van der Waals surface area contributed by atoms with Crippen LogP contribution in [0.2, 0.25) is 0 Å². The average Bonchev–Trinajstić information content (AvgIpc) is 2.46. The molecule has 0 unspecified atom stereocenters. The van der Waals surface area contributed by atoms with E-state index in [0.29, 0.717) is 31.7 Å². The average molecular weight is 248 g/mol. The van der Waals surface area contributed by atoms with Gasteiger partial charge in [-0.3, -0.25) is 4.79 Å². The third kappa shape index (κ3) is 3.23. The predicted molar refractivity (Wildman–Crippen MR) is 67.0 cm³/mol. The largest absolute Gasteiger partial charge is 0.484 e. The highest BCUT2D eigenvalue weighted by Crippen LogP contribution is 2.10. The molecular weight excluding hydrogens is 232 g/mol. The van der Waals surface area contributed by atoms with E-state index in [0.717, 1.165) is 5.71 Å². The van der Waals surface area contributed by atoms with E-state index in [4.69, 9.17) is 9.94 Å². The maximum Gasteiger partial charge on any atom is 0.260 e. The Morgan fingerprint density at radius 2 is 1.94 bits per heavy atom. The summed E-state index contributed by atoms with van der Waals surface area (Å²) in [5.41, 5.74) is 0.753. The molecule has 0 atom stereocenters. The van der Waals surface area contributed by atoms with E-state index in [1.807, 2.05) is 30.3 Å². The molecule has 96 valence electrons. The van der Waals surface area contributed by atoms with Crippen LogP contribution in [0.25, 0.3) is 0 Å². The number of para-hydroxylation sites is 1. The predicted octanol–water partition coefficient (Wildman–Crippen LogP) is 1.52. The van der Waals surface area contributed by atoms with Crippen molar-refractivity contribution < 1.29 is 14.7 Å². The number of rotatable bonds is 3. The Hall–Kier alpha value is -2.04. The molecule has 1 aliphatic heterocycles. The Morgan fingerprint density at radius 3 is 2.56 bits per heavy atom. The Bertz CT molecular complexity index is 421. The SMILES string of the molecule is O=C(COc1ccccc1)N1CCC(=NO)CC1. The van der Waals surface area contributed by atoms with Crippen molar-refractivity contribution in [2.75, 3.05) is 19.7 Å². The number of carbonyl (C=O) groups is 1. The molecule has 1 amide bonds. The van der Waals surface area contributed by atoms with Crippen molar-refractivity contribution in [2.45, 2.75) is 12.8 Å². The highest BCUT2D eigenvalue weighted by atomic mass is 16.5. The normalized spacial score (nSPS) is 15.3. The van der Waals surface area contributed by atoms with Gasteiger partial charge in [-0.2, -0.15) is 0 Å². The van der Waals surface area contributed by atoms with Crippen LogP contribution in [0.15, 0.2) is 35.5 Å². The summed E-state index contributed by atoms with van der Waals surface area (Å²) < 4.78 is 5.40. The van der Waals surface area contributed by atoms with Crippen LogP contribution in [0.3, 0.4) is 0 Å². The van der Waals surface area contributed by atoms with Gasteiger partial charge in [0.1, 0.15) is 5.75 Å². The van der Waals surface area contributed by atoms with Crippen LogP contribution in [-0.2, 0) is 4.79 Å². The Labute approximate surface area is 106 Å². The second kappa shape index (κ2) is 6.05. The fourth-order valence-corrected chi connectivity index (χ4v) is 1.87. The second-order valence-electron chi connectivity index (χ2n) is 4.15. The lowest BCUT2D eigenvalue weighted by atomic mass is 10.1. The smallest absolute Gasteiger partial charge is 0.260 e. The number of hydrogen-bond donors (Lipinski definition) is 1. The van der Waals surface area contributed by atoms with Crippen LogP contribution in [-0.4, -0.2) is 41.4 Å². The number of oxime groups is 1. The molecule has 0 aliphatic carbocycles. The first-order chi connectivity index (χ1) is 8.79. The molecule has 1 aliphatic rings. The molecular formula is C13H16N2O3. The van der Waals surface area contributed by atoms with Crippen molar-refractivity contribution in [1.29, 1.82) is 0 Å². The summed E-state index contributed by atoms with van der Waals surface area (Å²) in [7, 11) is 0. The van der Waals surface area contributed by atoms with Crippen molar-refractivity contribution in [3.8, 4) is 5.75 Å².